The number of rotatable bonds is 5. The summed E-state index contributed by atoms with van der Waals surface area (Å²) >= 11 is 0. The summed E-state index contributed by atoms with van der Waals surface area (Å²) < 4.78 is 6.88. The molecule has 4 nitrogen and oxygen atoms in total. The molecule has 0 aliphatic carbocycles. The van der Waals surface area contributed by atoms with E-state index in [9.17, 15) is 4.79 Å². The van der Waals surface area contributed by atoms with Gasteiger partial charge in [0.25, 0.3) is 0 Å². The highest BCUT2D eigenvalue weighted by Gasteiger charge is 2.18. The number of hydrogen-bond donors (Lipinski definition) is 0. The van der Waals surface area contributed by atoms with Gasteiger partial charge in [0.1, 0.15) is 0 Å². The molecule has 0 saturated carbocycles. The van der Waals surface area contributed by atoms with Gasteiger partial charge in [-0.1, -0.05) is 39.8 Å². The molecule has 0 aliphatic rings. The molecule has 2 aromatic rings. The van der Waals surface area contributed by atoms with E-state index in [0.717, 1.165) is 11.4 Å². The number of esters is 1. The fourth-order valence-electron chi connectivity index (χ4n) is 2.32. The van der Waals surface area contributed by atoms with Crippen molar-refractivity contribution in [1.29, 1.82) is 0 Å². The van der Waals surface area contributed by atoms with Crippen molar-refractivity contribution in [2.24, 2.45) is 0 Å². The zero-order valence-electron chi connectivity index (χ0n) is 14.0. The number of carbonyl (C=O) groups is 1. The molecule has 118 valence electrons. The molecular formula is C18H24N2O2. The van der Waals surface area contributed by atoms with Crippen LogP contribution in [-0.4, -0.2) is 22.4 Å². The minimum Gasteiger partial charge on any atom is -0.461 e. The molecule has 0 saturated heterocycles. The average Bonchev–Trinajstić information content (AvgIpc) is 2.93. The SMILES string of the molecule is CCOC(=O)c1cc(C(C)C)n(-c2ccc(C(C)C)cc2)n1. The number of aromatic nitrogens is 2. The number of nitrogens with zero attached hydrogens (tertiary/aromatic N) is 2. The number of carbonyl (C=O) groups excluding carboxylic acids is 1. The van der Waals surface area contributed by atoms with Gasteiger partial charge in [-0.25, -0.2) is 9.48 Å². The van der Waals surface area contributed by atoms with Crippen LogP contribution in [0.15, 0.2) is 30.3 Å². The third kappa shape index (κ3) is 3.38. The Kier molecular flexibility index (Phi) is 5.01. The van der Waals surface area contributed by atoms with Gasteiger partial charge in [-0.3, -0.25) is 0 Å². The van der Waals surface area contributed by atoms with E-state index >= 15 is 0 Å². The Balaban J connectivity index is 2.42. The molecule has 0 atom stereocenters. The van der Waals surface area contributed by atoms with Crippen molar-refractivity contribution in [3.05, 3.63) is 47.3 Å². The van der Waals surface area contributed by atoms with Crippen LogP contribution in [0.3, 0.4) is 0 Å². The largest absolute Gasteiger partial charge is 0.461 e. The van der Waals surface area contributed by atoms with Gasteiger partial charge in [-0.15, -0.1) is 0 Å². The van der Waals surface area contributed by atoms with Gasteiger partial charge in [0.05, 0.1) is 12.3 Å². The summed E-state index contributed by atoms with van der Waals surface area (Å²) in [6.45, 7) is 10.7. The van der Waals surface area contributed by atoms with Crippen molar-refractivity contribution in [2.45, 2.75) is 46.5 Å². The van der Waals surface area contributed by atoms with Crippen LogP contribution in [0.5, 0.6) is 0 Å². The third-order valence-electron chi connectivity index (χ3n) is 3.62. The quantitative estimate of drug-likeness (QED) is 0.773. The molecule has 0 radical (unpaired) electrons. The van der Waals surface area contributed by atoms with Crippen LogP contribution >= 0.6 is 0 Å². The fraction of sp³-hybridized carbons (Fsp3) is 0.444. The first-order chi connectivity index (χ1) is 10.4. The van der Waals surface area contributed by atoms with Crippen LogP contribution in [-0.2, 0) is 4.74 Å². The van der Waals surface area contributed by atoms with Gasteiger partial charge >= 0.3 is 5.97 Å². The Labute approximate surface area is 132 Å². The van der Waals surface area contributed by atoms with E-state index in [1.807, 2.05) is 22.9 Å². The molecule has 0 fully saturated rings. The first kappa shape index (κ1) is 16.3. The summed E-state index contributed by atoms with van der Waals surface area (Å²) in [5.74, 6) is 0.383. The lowest BCUT2D eigenvalue weighted by Crippen LogP contribution is -2.07. The van der Waals surface area contributed by atoms with E-state index in [2.05, 4.69) is 44.9 Å². The van der Waals surface area contributed by atoms with Crippen LogP contribution in [0.25, 0.3) is 5.69 Å². The molecule has 0 N–H and O–H groups in total. The Morgan fingerprint density at radius 1 is 1.14 bits per heavy atom. The monoisotopic (exact) mass is 300 g/mol. The third-order valence-corrected chi connectivity index (χ3v) is 3.62. The van der Waals surface area contributed by atoms with Crippen molar-refractivity contribution in [2.75, 3.05) is 6.61 Å². The minimum absolute atomic E-state index is 0.264. The van der Waals surface area contributed by atoms with Crippen LogP contribution < -0.4 is 0 Å². The summed E-state index contributed by atoms with van der Waals surface area (Å²) in [5.41, 5.74) is 3.61. The lowest BCUT2D eigenvalue weighted by molar-refractivity contribution is 0.0519. The molecule has 4 heteroatoms. The molecule has 0 amide bonds. The molecule has 2 rings (SSSR count). The van der Waals surface area contributed by atoms with Crippen molar-refractivity contribution >= 4 is 5.97 Å². The molecule has 0 unspecified atom stereocenters. The first-order valence-corrected chi connectivity index (χ1v) is 7.81. The normalized spacial score (nSPS) is 11.2. The summed E-state index contributed by atoms with van der Waals surface area (Å²) in [4.78, 5) is 11.9. The predicted molar refractivity (Wildman–Crippen MR) is 87.7 cm³/mol. The summed E-state index contributed by atoms with van der Waals surface area (Å²) in [6, 6.07) is 10.1. The molecule has 22 heavy (non-hydrogen) atoms. The molecule has 0 spiro atoms. The summed E-state index contributed by atoms with van der Waals surface area (Å²) in [6.07, 6.45) is 0. The highest BCUT2D eigenvalue weighted by atomic mass is 16.5. The summed E-state index contributed by atoms with van der Waals surface area (Å²) in [7, 11) is 0. The van der Waals surface area contributed by atoms with E-state index in [-0.39, 0.29) is 11.9 Å². The van der Waals surface area contributed by atoms with Gasteiger partial charge in [-0.2, -0.15) is 5.10 Å². The lowest BCUT2D eigenvalue weighted by atomic mass is 10.0. The predicted octanol–water partition coefficient (Wildman–Crippen LogP) is 4.30. The van der Waals surface area contributed by atoms with E-state index in [1.165, 1.54) is 5.56 Å². The molecule has 1 aromatic heterocycles. The smallest absolute Gasteiger partial charge is 0.358 e. The molecule has 1 aromatic carbocycles. The van der Waals surface area contributed by atoms with Crippen LogP contribution in [0.1, 0.15) is 68.2 Å². The minimum atomic E-state index is -0.373. The van der Waals surface area contributed by atoms with Crippen molar-refractivity contribution in [3.63, 3.8) is 0 Å². The van der Waals surface area contributed by atoms with Crippen molar-refractivity contribution in [3.8, 4) is 5.69 Å². The number of hydrogen-bond acceptors (Lipinski definition) is 3. The maximum atomic E-state index is 11.9. The Hall–Kier alpha value is -2.10. The van der Waals surface area contributed by atoms with E-state index < -0.39 is 0 Å². The highest BCUT2D eigenvalue weighted by molar-refractivity contribution is 5.87. The van der Waals surface area contributed by atoms with Gasteiger partial charge < -0.3 is 4.74 Å². The summed E-state index contributed by atoms with van der Waals surface area (Å²) in [5, 5.41) is 4.44. The standard InChI is InChI=1S/C18H24N2O2/c1-6-22-18(21)16-11-17(13(4)5)20(19-16)15-9-7-14(8-10-15)12(2)3/h7-13H,6H2,1-5H3. The van der Waals surface area contributed by atoms with Gasteiger partial charge in [0.2, 0.25) is 0 Å². The van der Waals surface area contributed by atoms with Crippen LogP contribution in [0, 0.1) is 0 Å². The van der Waals surface area contributed by atoms with Crippen molar-refractivity contribution in [1.82, 2.24) is 9.78 Å². The first-order valence-electron chi connectivity index (χ1n) is 7.81. The van der Waals surface area contributed by atoms with E-state index in [1.54, 1.807) is 6.92 Å². The van der Waals surface area contributed by atoms with E-state index in [0.29, 0.717) is 18.2 Å². The Morgan fingerprint density at radius 2 is 1.77 bits per heavy atom. The zero-order chi connectivity index (χ0) is 16.3. The average molecular weight is 300 g/mol. The number of ether oxygens (including phenoxy) is 1. The van der Waals surface area contributed by atoms with Crippen LogP contribution in [0.2, 0.25) is 0 Å². The molecular weight excluding hydrogens is 276 g/mol. The second-order valence-electron chi connectivity index (χ2n) is 5.99. The second kappa shape index (κ2) is 6.77. The maximum absolute atomic E-state index is 11.9. The zero-order valence-corrected chi connectivity index (χ0v) is 14.0. The Morgan fingerprint density at radius 3 is 2.27 bits per heavy atom. The van der Waals surface area contributed by atoms with Crippen molar-refractivity contribution < 1.29 is 9.53 Å². The van der Waals surface area contributed by atoms with Crippen LogP contribution in [0.4, 0.5) is 0 Å². The van der Waals surface area contributed by atoms with E-state index in [4.69, 9.17) is 4.74 Å². The fourth-order valence-corrected chi connectivity index (χ4v) is 2.32. The Bertz CT molecular complexity index is 640. The van der Waals surface area contributed by atoms with Gasteiger partial charge in [0.15, 0.2) is 5.69 Å². The molecule has 1 heterocycles. The topological polar surface area (TPSA) is 44.1 Å². The van der Waals surface area contributed by atoms with Gasteiger partial charge in [0, 0.05) is 5.69 Å². The second-order valence-corrected chi connectivity index (χ2v) is 5.99. The highest BCUT2D eigenvalue weighted by Crippen LogP contribution is 2.22. The molecule has 0 aliphatic heterocycles. The lowest BCUT2D eigenvalue weighted by Gasteiger charge is -2.11. The molecule has 0 bridgehead atoms. The van der Waals surface area contributed by atoms with Gasteiger partial charge in [-0.05, 0) is 42.5 Å². The maximum Gasteiger partial charge on any atom is 0.358 e. The number of benzene rings is 1.